The Hall–Kier alpha value is -2.78. The molecule has 3 aromatic heterocycles. The molecule has 2 atom stereocenters. The first-order valence-corrected chi connectivity index (χ1v) is 12.8. The molecule has 5 rings (SSSR count). The number of methoxy groups -OCH3 is 1. The summed E-state index contributed by atoms with van der Waals surface area (Å²) in [7, 11) is 3.06. The molecule has 34 heavy (non-hydrogen) atoms. The second-order valence-corrected chi connectivity index (χ2v) is 10.5. The molecular formula is C25H31N5O3S. The molecule has 0 radical (unpaired) electrons. The second kappa shape index (κ2) is 9.46. The lowest BCUT2D eigenvalue weighted by atomic mass is 9.75. The Balaban J connectivity index is 1.40. The molecule has 1 amide bonds. The van der Waals surface area contributed by atoms with Gasteiger partial charge in [-0.1, -0.05) is 19.3 Å². The third-order valence-corrected chi connectivity index (χ3v) is 8.30. The molecule has 0 aromatic carbocycles. The molecule has 1 N–H and O–H groups in total. The van der Waals surface area contributed by atoms with Crippen molar-refractivity contribution in [3.8, 4) is 0 Å². The second-order valence-electron chi connectivity index (χ2n) is 9.53. The highest BCUT2D eigenvalue weighted by molar-refractivity contribution is 7.21. The number of thiophene rings is 1. The summed E-state index contributed by atoms with van der Waals surface area (Å²) in [5.41, 5.74) is 2.60. The van der Waals surface area contributed by atoms with Crippen molar-refractivity contribution in [2.45, 2.75) is 45.6 Å². The summed E-state index contributed by atoms with van der Waals surface area (Å²) >= 11 is 1.26. The Morgan fingerprint density at radius 3 is 2.74 bits per heavy atom. The normalized spacial score (nSPS) is 20.8. The van der Waals surface area contributed by atoms with Crippen LogP contribution >= 0.6 is 11.3 Å². The molecule has 0 bridgehead atoms. The Morgan fingerprint density at radius 2 is 2.00 bits per heavy atom. The minimum Gasteiger partial charge on any atom is -0.465 e. The smallest absolute Gasteiger partial charge is 0.350 e. The first-order valence-electron chi connectivity index (χ1n) is 12.0. The minimum absolute atomic E-state index is 0.326. The number of hydrogen-bond donors (Lipinski definition) is 1. The SMILES string of the molecule is COC(=O)c1sc2nc(CN3CC[C@@H]4CCCC[C@H]4C3)ccc2c1NC(=O)c1cc(C)nn1C. The maximum absolute atomic E-state index is 13.0. The minimum atomic E-state index is -0.486. The van der Waals surface area contributed by atoms with Crippen molar-refractivity contribution in [2.75, 3.05) is 25.5 Å². The van der Waals surface area contributed by atoms with E-state index in [1.54, 1.807) is 13.1 Å². The zero-order valence-corrected chi connectivity index (χ0v) is 20.8. The molecule has 2 aliphatic rings. The number of esters is 1. The van der Waals surface area contributed by atoms with Crippen molar-refractivity contribution >= 4 is 39.1 Å². The number of anilines is 1. The fourth-order valence-electron chi connectivity index (χ4n) is 5.51. The van der Waals surface area contributed by atoms with Crippen molar-refractivity contribution in [2.24, 2.45) is 18.9 Å². The molecule has 9 heteroatoms. The van der Waals surface area contributed by atoms with Gasteiger partial charge in [-0.15, -0.1) is 11.3 Å². The summed E-state index contributed by atoms with van der Waals surface area (Å²) in [5.74, 6) is 0.902. The van der Waals surface area contributed by atoms with E-state index in [1.165, 1.54) is 55.2 Å². The van der Waals surface area contributed by atoms with Crippen LogP contribution in [-0.2, 0) is 18.3 Å². The number of ether oxygens (including phenoxy) is 1. The molecule has 0 spiro atoms. The van der Waals surface area contributed by atoms with Crippen molar-refractivity contribution in [1.82, 2.24) is 19.7 Å². The Morgan fingerprint density at radius 1 is 1.21 bits per heavy atom. The molecule has 1 aliphatic carbocycles. The van der Waals surface area contributed by atoms with E-state index in [1.807, 2.05) is 19.1 Å². The molecular weight excluding hydrogens is 450 g/mol. The standard InChI is InChI=1S/C25H31N5O3S/c1-15-12-20(29(2)28-15)23(31)27-21-19-9-8-18(26-24(19)34-22(21)25(32)33-3)14-30-11-10-16-6-4-5-7-17(16)13-30/h8-9,12,16-17H,4-7,10-11,13-14H2,1-3H3,(H,27,31)/t16-,17-/m0/s1. The number of likely N-dealkylation sites (tertiary alicyclic amines) is 1. The van der Waals surface area contributed by atoms with Gasteiger partial charge in [-0.3, -0.25) is 14.4 Å². The Labute approximate surface area is 203 Å². The zero-order valence-electron chi connectivity index (χ0n) is 20.0. The maximum atomic E-state index is 13.0. The Bertz CT molecular complexity index is 1230. The molecule has 1 saturated carbocycles. The highest BCUT2D eigenvalue weighted by atomic mass is 32.1. The first-order chi connectivity index (χ1) is 16.4. The van der Waals surface area contributed by atoms with Gasteiger partial charge < -0.3 is 10.1 Å². The molecule has 4 heterocycles. The van der Waals surface area contributed by atoms with E-state index in [0.717, 1.165) is 53.1 Å². The van der Waals surface area contributed by atoms with Gasteiger partial charge in [-0.25, -0.2) is 9.78 Å². The number of carbonyl (C=O) groups excluding carboxylic acids is 2. The van der Waals surface area contributed by atoms with Crippen molar-refractivity contribution in [3.63, 3.8) is 0 Å². The number of rotatable bonds is 5. The van der Waals surface area contributed by atoms with Crippen LogP contribution in [0.15, 0.2) is 18.2 Å². The molecule has 0 unspecified atom stereocenters. The van der Waals surface area contributed by atoms with Crippen LogP contribution in [0.4, 0.5) is 5.69 Å². The van der Waals surface area contributed by atoms with Crippen LogP contribution in [0.1, 0.15) is 63.7 Å². The van der Waals surface area contributed by atoms with E-state index >= 15 is 0 Å². The quantitative estimate of drug-likeness (QED) is 0.544. The van der Waals surface area contributed by atoms with Crippen LogP contribution in [-0.4, -0.2) is 51.7 Å². The average Bonchev–Trinajstić information content (AvgIpc) is 3.37. The molecule has 3 aromatic rings. The number of nitrogens with one attached hydrogen (secondary N) is 1. The number of pyridine rings is 1. The molecule has 1 saturated heterocycles. The van der Waals surface area contributed by atoms with E-state index in [2.05, 4.69) is 15.3 Å². The number of aryl methyl sites for hydroxylation is 2. The average molecular weight is 482 g/mol. The molecule has 8 nitrogen and oxygen atoms in total. The highest BCUT2D eigenvalue weighted by Gasteiger charge is 2.31. The van der Waals surface area contributed by atoms with Crippen molar-refractivity contribution < 1.29 is 14.3 Å². The van der Waals surface area contributed by atoms with Gasteiger partial charge in [0.25, 0.3) is 5.91 Å². The Kier molecular flexibility index (Phi) is 6.40. The third-order valence-electron chi connectivity index (χ3n) is 7.22. The van der Waals surface area contributed by atoms with Gasteiger partial charge in [0, 0.05) is 25.5 Å². The summed E-state index contributed by atoms with van der Waals surface area (Å²) in [6, 6.07) is 5.68. The molecule has 2 fully saturated rings. The number of piperidine rings is 1. The summed E-state index contributed by atoms with van der Waals surface area (Å²) < 4.78 is 6.52. The van der Waals surface area contributed by atoms with Crippen LogP contribution in [0.5, 0.6) is 0 Å². The van der Waals surface area contributed by atoms with E-state index in [9.17, 15) is 9.59 Å². The van der Waals surface area contributed by atoms with E-state index in [4.69, 9.17) is 9.72 Å². The fourth-order valence-corrected chi connectivity index (χ4v) is 6.58. The predicted molar refractivity (Wildman–Crippen MR) is 132 cm³/mol. The maximum Gasteiger partial charge on any atom is 0.350 e. The number of nitrogens with zero attached hydrogens (tertiary/aromatic N) is 4. The van der Waals surface area contributed by atoms with Crippen LogP contribution < -0.4 is 5.32 Å². The number of amides is 1. The van der Waals surface area contributed by atoms with Gasteiger partial charge in [0.15, 0.2) is 0 Å². The lowest BCUT2D eigenvalue weighted by Crippen LogP contribution is -2.41. The summed E-state index contributed by atoms with van der Waals surface area (Å²) in [5, 5.41) is 7.89. The largest absolute Gasteiger partial charge is 0.465 e. The lowest BCUT2D eigenvalue weighted by molar-refractivity contribution is 0.0607. The van der Waals surface area contributed by atoms with Crippen molar-refractivity contribution in [3.05, 3.63) is 40.2 Å². The third kappa shape index (κ3) is 4.46. The van der Waals surface area contributed by atoms with Crippen LogP contribution in [0.3, 0.4) is 0 Å². The lowest BCUT2D eigenvalue weighted by Gasteiger charge is -2.41. The van der Waals surface area contributed by atoms with Crippen LogP contribution in [0.25, 0.3) is 10.2 Å². The van der Waals surface area contributed by atoms with Crippen molar-refractivity contribution in [1.29, 1.82) is 0 Å². The fraction of sp³-hybridized carbons (Fsp3) is 0.520. The van der Waals surface area contributed by atoms with Gasteiger partial charge in [0.2, 0.25) is 0 Å². The zero-order chi connectivity index (χ0) is 23.8. The molecule has 1 aliphatic heterocycles. The number of hydrogen-bond acceptors (Lipinski definition) is 7. The van der Waals surface area contributed by atoms with Gasteiger partial charge in [-0.05, 0) is 56.3 Å². The first kappa shape index (κ1) is 23.0. The monoisotopic (exact) mass is 481 g/mol. The number of carbonyl (C=O) groups is 2. The molecule has 180 valence electrons. The summed E-state index contributed by atoms with van der Waals surface area (Å²) in [6.07, 6.45) is 6.76. The van der Waals surface area contributed by atoms with Gasteiger partial charge in [0.1, 0.15) is 15.4 Å². The van der Waals surface area contributed by atoms with Gasteiger partial charge >= 0.3 is 5.97 Å². The van der Waals surface area contributed by atoms with Crippen LogP contribution in [0.2, 0.25) is 0 Å². The highest BCUT2D eigenvalue weighted by Crippen LogP contribution is 2.38. The van der Waals surface area contributed by atoms with Gasteiger partial charge in [-0.2, -0.15) is 5.10 Å². The topological polar surface area (TPSA) is 89.3 Å². The van der Waals surface area contributed by atoms with E-state index < -0.39 is 5.97 Å². The van der Waals surface area contributed by atoms with Gasteiger partial charge in [0.05, 0.1) is 24.2 Å². The summed E-state index contributed by atoms with van der Waals surface area (Å²) in [6.45, 7) is 4.90. The number of fused-ring (bicyclic) bond motifs is 2. The van der Waals surface area contributed by atoms with E-state index in [0.29, 0.717) is 16.3 Å². The van der Waals surface area contributed by atoms with Crippen LogP contribution in [0, 0.1) is 18.8 Å². The van der Waals surface area contributed by atoms with E-state index in [-0.39, 0.29) is 5.91 Å². The number of aromatic nitrogens is 3. The predicted octanol–water partition coefficient (Wildman–Crippen LogP) is 4.39. The summed E-state index contributed by atoms with van der Waals surface area (Å²) in [4.78, 5) is 33.9.